The van der Waals surface area contributed by atoms with Gasteiger partial charge in [-0.25, -0.2) is 19.2 Å². The molecule has 20 nitrogen and oxygen atoms in total. The average molecular weight is 1080 g/mol. The fourth-order valence-corrected chi connectivity index (χ4v) is 8.79. The maximum atomic E-state index is 13.3. The van der Waals surface area contributed by atoms with Crippen LogP contribution in [0.5, 0.6) is 23.0 Å². The summed E-state index contributed by atoms with van der Waals surface area (Å²) in [5.74, 6) is -9.03. The first kappa shape index (κ1) is 62.2. The Balaban J connectivity index is 0.00000416. The maximum Gasteiger partial charge on any atom is 0.341 e. The molecule has 0 N–H and O–H groups in total. The van der Waals surface area contributed by atoms with Crippen LogP contribution in [0, 0.1) is 35.5 Å². The standard InChI is InChI=1S/C54H64O20.C3H8/c1-5-45(55)67-27-7-9-29-69-47(57)33-11-15-37(16-12-33)51(61)73-43-25-23-39(31-41(43)53(63)65-3)71-49(59)35-19-21-36(22-20-35)50(60)72-40-24-26-44(42(32-40)54(64)66-4)74-52(62)38-17-13-34(14-18-38)48(58)70-30-10-8-28-68-46(56)6-2;1-3-2/h5-6,23-26,31-38H,1-2,7-22,27-30H2,3-4H3;3H2,1-2H3. The molecule has 0 aliphatic heterocycles. The Labute approximate surface area is 448 Å². The largest absolute Gasteiger partial charge is 0.465 e. The Morgan fingerprint density at radius 1 is 0.416 bits per heavy atom. The molecule has 3 fully saturated rings. The van der Waals surface area contributed by atoms with Crippen LogP contribution in [0.15, 0.2) is 61.7 Å². The van der Waals surface area contributed by atoms with Crippen LogP contribution in [0.2, 0.25) is 0 Å². The van der Waals surface area contributed by atoms with Crippen molar-refractivity contribution in [3.05, 3.63) is 72.8 Å². The molecule has 0 radical (unpaired) electrons. The molecule has 0 saturated heterocycles. The predicted octanol–water partition coefficient (Wildman–Crippen LogP) is 8.52. The fourth-order valence-electron chi connectivity index (χ4n) is 8.79. The van der Waals surface area contributed by atoms with Crippen molar-refractivity contribution in [2.24, 2.45) is 35.5 Å². The SMILES string of the molecule is C=CC(=O)OCCCCOC(=O)C1CCC(C(=O)Oc2ccc(OC(=O)C3CCC(C(=O)Oc4ccc(OC(=O)C5CCC(C(=O)OCCCCOC(=O)C=C)CC5)c(C(=O)OC)c4)CC3)cc2C(=O)OC)CC1.CCC. The lowest BCUT2D eigenvalue weighted by molar-refractivity contribution is -0.152. The van der Waals surface area contributed by atoms with Gasteiger partial charge in [0.25, 0.3) is 0 Å². The van der Waals surface area contributed by atoms with Crippen LogP contribution in [-0.4, -0.2) is 100 Å². The van der Waals surface area contributed by atoms with Crippen LogP contribution >= 0.6 is 0 Å². The maximum absolute atomic E-state index is 13.3. The van der Waals surface area contributed by atoms with E-state index < -0.39 is 71.4 Å². The number of hydrogen-bond acceptors (Lipinski definition) is 20. The molecule has 2 aromatic rings. The lowest BCUT2D eigenvalue weighted by Crippen LogP contribution is -2.30. The number of unbranched alkanes of at least 4 members (excludes halogenated alkanes) is 2. The minimum atomic E-state index is -0.836. The highest BCUT2D eigenvalue weighted by Gasteiger charge is 2.36. The molecule has 0 amide bonds. The molecule has 0 bridgehead atoms. The van der Waals surface area contributed by atoms with Crippen molar-refractivity contribution < 1.29 is 95.3 Å². The monoisotopic (exact) mass is 1080 g/mol. The van der Waals surface area contributed by atoms with Crippen molar-refractivity contribution in [2.75, 3.05) is 40.6 Å². The molecule has 5 rings (SSSR count). The van der Waals surface area contributed by atoms with E-state index in [9.17, 15) is 47.9 Å². The third-order valence-electron chi connectivity index (χ3n) is 13.1. The summed E-state index contributed by atoms with van der Waals surface area (Å²) in [4.78, 5) is 126. The van der Waals surface area contributed by atoms with Gasteiger partial charge in [0.1, 0.15) is 34.1 Å². The number of benzene rings is 2. The molecule has 2 aromatic carbocycles. The first-order chi connectivity index (χ1) is 37.0. The molecule has 0 heterocycles. The van der Waals surface area contributed by atoms with Gasteiger partial charge in [-0.2, -0.15) is 0 Å². The van der Waals surface area contributed by atoms with Gasteiger partial charge in [0.05, 0.1) is 76.2 Å². The van der Waals surface area contributed by atoms with E-state index >= 15 is 0 Å². The van der Waals surface area contributed by atoms with Crippen LogP contribution in [-0.2, 0) is 66.8 Å². The smallest absolute Gasteiger partial charge is 0.341 e. The van der Waals surface area contributed by atoms with Crippen molar-refractivity contribution in [3.8, 4) is 23.0 Å². The molecule has 3 aliphatic carbocycles. The van der Waals surface area contributed by atoms with Gasteiger partial charge < -0.3 is 47.4 Å². The molecule has 0 atom stereocenters. The molecule has 0 unspecified atom stereocenters. The van der Waals surface area contributed by atoms with Crippen molar-refractivity contribution in [1.82, 2.24) is 0 Å². The zero-order chi connectivity index (χ0) is 56.3. The Morgan fingerprint density at radius 3 is 0.948 bits per heavy atom. The van der Waals surface area contributed by atoms with E-state index in [2.05, 4.69) is 27.0 Å². The highest BCUT2D eigenvalue weighted by molar-refractivity contribution is 5.95. The normalized spacial score (nSPS) is 19.6. The number of carbonyl (C=O) groups excluding carboxylic acids is 10. The molecule has 3 aliphatic rings. The van der Waals surface area contributed by atoms with Crippen molar-refractivity contribution in [2.45, 2.75) is 123 Å². The van der Waals surface area contributed by atoms with Crippen molar-refractivity contribution in [3.63, 3.8) is 0 Å². The Morgan fingerprint density at radius 2 is 0.675 bits per heavy atom. The number of methoxy groups -OCH3 is 2. The van der Waals surface area contributed by atoms with E-state index in [0.717, 1.165) is 26.4 Å². The summed E-state index contributed by atoms with van der Waals surface area (Å²) in [5, 5.41) is 0. The third-order valence-corrected chi connectivity index (χ3v) is 13.1. The second-order valence-electron chi connectivity index (χ2n) is 18.8. The van der Waals surface area contributed by atoms with Gasteiger partial charge in [-0.05, 0) is 139 Å². The van der Waals surface area contributed by atoms with Gasteiger partial charge in [0, 0.05) is 12.2 Å². The fraction of sp³-hybridized carbons (Fsp3) is 0.544. The molecule has 77 heavy (non-hydrogen) atoms. The number of carbonyl (C=O) groups is 10. The zero-order valence-electron chi connectivity index (χ0n) is 44.5. The summed E-state index contributed by atoms with van der Waals surface area (Å²) < 4.78 is 52.9. The molecule has 0 spiro atoms. The highest BCUT2D eigenvalue weighted by atomic mass is 16.6. The van der Waals surface area contributed by atoms with E-state index in [0.29, 0.717) is 77.0 Å². The minimum Gasteiger partial charge on any atom is -0.465 e. The first-order valence-corrected chi connectivity index (χ1v) is 26.3. The Kier molecular flexibility index (Phi) is 26.6. The minimum absolute atomic E-state index is 0.00428. The summed E-state index contributed by atoms with van der Waals surface area (Å²) in [5.41, 5.74) is -0.295. The van der Waals surface area contributed by atoms with E-state index in [1.54, 1.807) is 0 Å². The van der Waals surface area contributed by atoms with Crippen LogP contribution in [0.3, 0.4) is 0 Å². The number of esters is 10. The molecule has 0 aromatic heterocycles. The molecular weight excluding hydrogens is 1000 g/mol. The predicted molar refractivity (Wildman–Crippen MR) is 273 cm³/mol. The molecular formula is C57H72O20. The average Bonchev–Trinajstić information content (AvgIpc) is 3.44. The van der Waals surface area contributed by atoms with Gasteiger partial charge in [-0.15, -0.1) is 0 Å². The highest BCUT2D eigenvalue weighted by Crippen LogP contribution is 2.36. The van der Waals surface area contributed by atoms with Gasteiger partial charge in [-0.3, -0.25) is 28.8 Å². The summed E-state index contributed by atoms with van der Waals surface area (Å²) in [7, 11) is 2.30. The summed E-state index contributed by atoms with van der Waals surface area (Å²) >= 11 is 0. The number of hydrogen-bond donors (Lipinski definition) is 0. The van der Waals surface area contributed by atoms with Crippen molar-refractivity contribution in [1.29, 1.82) is 0 Å². The first-order valence-electron chi connectivity index (χ1n) is 26.3. The van der Waals surface area contributed by atoms with E-state index in [1.807, 2.05) is 0 Å². The summed E-state index contributed by atoms with van der Waals surface area (Å²) in [6.07, 6.45) is 9.62. The van der Waals surface area contributed by atoms with Crippen LogP contribution in [0.4, 0.5) is 0 Å². The van der Waals surface area contributed by atoms with Gasteiger partial charge in [0.15, 0.2) is 0 Å². The second-order valence-corrected chi connectivity index (χ2v) is 18.8. The summed E-state index contributed by atoms with van der Waals surface area (Å²) in [6.45, 7) is 11.6. The van der Waals surface area contributed by atoms with E-state index in [1.165, 1.54) is 42.8 Å². The van der Waals surface area contributed by atoms with Gasteiger partial charge >= 0.3 is 59.7 Å². The topological polar surface area (TPSA) is 263 Å². The van der Waals surface area contributed by atoms with Crippen LogP contribution < -0.4 is 18.9 Å². The van der Waals surface area contributed by atoms with E-state index in [4.69, 9.17) is 47.4 Å². The molecule has 20 heteroatoms. The third kappa shape index (κ3) is 20.3. The number of ether oxygens (including phenoxy) is 10. The van der Waals surface area contributed by atoms with Gasteiger partial charge in [-0.1, -0.05) is 33.4 Å². The molecule has 420 valence electrons. The second kappa shape index (κ2) is 32.9. The lowest BCUT2D eigenvalue weighted by Gasteiger charge is -2.26. The quantitative estimate of drug-likeness (QED) is 0.0313. The number of rotatable bonds is 24. The Hall–Kier alpha value is -7.38. The van der Waals surface area contributed by atoms with Gasteiger partial charge in [0.2, 0.25) is 0 Å². The van der Waals surface area contributed by atoms with Crippen LogP contribution in [0.1, 0.15) is 144 Å². The van der Waals surface area contributed by atoms with Crippen LogP contribution in [0.25, 0.3) is 0 Å². The Bertz CT molecular complexity index is 2220. The van der Waals surface area contributed by atoms with Crippen molar-refractivity contribution >= 4 is 59.7 Å². The molecule has 3 saturated carbocycles. The summed E-state index contributed by atoms with van der Waals surface area (Å²) in [6, 6.07) is 7.91. The van der Waals surface area contributed by atoms with E-state index in [-0.39, 0.29) is 110 Å². The zero-order valence-corrected chi connectivity index (χ0v) is 44.5. The lowest BCUT2D eigenvalue weighted by atomic mass is 9.82.